The van der Waals surface area contributed by atoms with Crippen LogP contribution >= 0.6 is 11.6 Å². The maximum Gasteiger partial charge on any atom is 0.412 e. The van der Waals surface area contributed by atoms with Crippen molar-refractivity contribution < 1.29 is 24.2 Å². The Morgan fingerprint density at radius 2 is 2.12 bits per heavy atom. The van der Waals surface area contributed by atoms with Gasteiger partial charge in [0, 0.05) is 48.8 Å². The lowest BCUT2D eigenvalue weighted by Crippen LogP contribution is -2.40. The number of phenols is 1. The lowest BCUT2D eigenvalue weighted by Gasteiger charge is -2.34. The molecule has 0 radical (unpaired) electrons. The Hall–Kier alpha value is -3.11. The first-order valence-corrected chi connectivity index (χ1v) is 11.3. The molecule has 3 aromatic rings. The number of halogens is 1. The molecular formula is C24H26ClN3O6. The molecule has 1 fully saturated rings. The summed E-state index contributed by atoms with van der Waals surface area (Å²) >= 11 is 6.33. The summed E-state index contributed by atoms with van der Waals surface area (Å²) in [5.74, 6) is -0.714. The number of amides is 1. The first kappa shape index (κ1) is 24.0. The van der Waals surface area contributed by atoms with Crippen molar-refractivity contribution in [3.05, 3.63) is 57.2 Å². The number of carbonyl (C=O) groups is 1. The van der Waals surface area contributed by atoms with E-state index in [0.29, 0.717) is 30.1 Å². The molecule has 1 amide bonds. The SMILES string of the molecule is CN1CC[C@H](c2c(O)cc(OC(=O)NCCN)c3c(=O)cc(-c4ccccc4Cl)oc23)[C@H](O)C1. The molecule has 1 saturated heterocycles. The number of ether oxygens (including phenoxy) is 1. The number of likely N-dealkylation sites (N-methyl/N-ethyl adjacent to an activating group) is 1. The number of fused-ring (bicyclic) bond motifs is 1. The Morgan fingerprint density at radius 1 is 1.35 bits per heavy atom. The van der Waals surface area contributed by atoms with E-state index in [9.17, 15) is 19.8 Å². The van der Waals surface area contributed by atoms with Crippen molar-refractivity contribution in [2.45, 2.75) is 18.4 Å². The van der Waals surface area contributed by atoms with Crippen molar-refractivity contribution in [3.8, 4) is 22.8 Å². The molecule has 2 aromatic carbocycles. The number of hydrogen-bond donors (Lipinski definition) is 4. The van der Waals surface area contributed by atoms with E-state index in [0.717, 1.165) is 0 Å². The van der Waals surface area contributed by atoms with Gasteiger partial charge >= 0.3 is 6.09 Å². The van der Waals surface area contributed by atoms with Crippen molar-refractivity contribution in [2.24, 2.45) is 5.73 Å². The van der Waals surface area contributed by atoms with Crippen LogP contribution in [0.15, 0.2) is 45.6 Å². The fourth-order valence-corrected chi connectivity index (χ4v) is 4.51. The van der Waals surface area contributed by atoms with E-state index in [1.165, 1.54) is 12.1 Å². The number of aliphatic hydroxyl groups excluding tert-OH is 1. The van der Waals surface area contributed by atoms with Gasteiger partial charge in [0.25, 0.3) is 0 Å². The van der Waals surface area contributed by atoms with E-state index in [1.807, 2.05) is 11.9 Å². The number of likely N-dealkylation sites (tertiary alicyclic amines) is 1. The van der Waals surface area contributed by atoms with Crippen LogP contribution in [-0.2, 0) is 0 Å². The number of aliphatic hydroxyl groups is 1. The van der Waals surface area contributed by atoms with Gasteiger partial charge in [-0.3, -0.25) is 4.79 Å². The van der Waals surface area contributed by atoms with Gasteiger partial charge < -0.3 is 35.3 Å². The molecule has 0 bridgehead atoms. The molecule has 2 heterocycles. The molecule has 1 aromatic heterocycles. The number of nitrogens with zero attached hydrogens (tertiary/aromatic N) is 1. The highest BCUT2D eigenvalue weighted by atomic mass is 35.5. The standard InChI is InChI=1S/C24H26ClN3O6/c1-28-9-6-14(18(31)12-28)21-16(29)11-20(34-24(32)27-8-7-26)22-17(30)10-19(33-23(21)22)13-4-2-3-5-15(13)25/h2-5,10-11,14,18,29,31H,6-9,12,26H2,1H3,(H,27,32)/t14-,18+/m0/s1. The second-order valence-electron chi connectivity index (χ2n) is 8.30. The molecule has 5 N–H and O–H groups in total. The van der Waals surface area contributed by atoms with E-state index in [4.69, 9.17) is 26.5 Å². The Labute approximate surface area is 200 Å². The first-order chi connectivity index (χ1) is 16.3. The van der Waals surface area contributed by atoms with Crippen molar-refractivity contribution in [3.63, 3.8) is 0 Å². The molecule has 0 saturated carbocycles. The topological polar surface area (TPSA) is 138 Å². The smallest absolute Gasteiger partial charge is 0.412 e. The van der Waals surface area contributed by atoms with Crippen molar-refractivity contribution in [1.82, 2.24) is 10.2 Å². The molecule has 0 aliphatic carbocycles. The van der Waals surface area contributed by atoms with Crippen LogP contribution in [0, 0.1) is 0 Å². The largest absolute Gasteiger partial charge is 0.507 e. The summed E-state index contributed by atoms with van der Waals surface area (Å²) < 4.78 is 11.5. The van der Waals surface area contributed by atoms with Gasteiger partial charge in [-0.1, -0.05) is 23.7 Å². The van der Waals surface area contributed by atoms with Gasteiger partial charge in [0.05, 0.1) is 11.1 Å². The highest BCUT2D eigenvalue weighted by Gasteiger charge is 2.33. The quantitative estimate of drug-likeness (QED) is 0.431. The normalized spacial score (nSPS) is 18.7. The van der Waals surface area contributed by atoms with Crippen molar-refractivity contribution in [2.75, 3.05) is 33.2 Å². The number of rotatable bonds is 5. The average Bonchev–Trinajstić information content (AvgIpc) is 2.78. The fourth-order valence-electron chi connectivity index (χ4n) is 4.28. The fraction of sp³-hybridized carbons (Fsp3) is 0.333. The van der Waals surface area contributed by atoms with Crippen LogP contribution in [-0.4, -0.2) is 60.5 Å². The second-order valence-corrected chi connectivity index (χ2v) is 8.70. The third kappa shape index (κ3) is 4.74. The van der Waals surface area contributed by atoms with Crippen LogP contribution in [0.1, 0.15) is 17.9 Å². The van der Waals surface area contributed by atoms with Gasteiger partial charge in [-0.05, 0) is 32.1 Å². The maximum absolute atomic E-state index is 13.3. The van der Waals surface area contributed by atoms with E-state index in [-0.39, 0.29) is 46.9 Å². The lowest BCUT2D eigenvalue weighted by molar-refractivity contribution is 0.0630. The van der Waals surface area contributed by atoms with Gasteiger partial charge in [-0.2, -0.15) is 0 Å². The van der Waals surface area contributed by atoms with Crippen molar-refractivity contribution >= 4 is 28.7 Å². The Bertz CT molecular complexity index is 1280. The van der Waals surface area contributed by atoms with E-state index >= 15 is 0 Å². The summed E-state index contributed by atoms with van der Waals surface area (Å²) in [5, 5.41) is 24.6. The summed E-state index contributed by atoms with van der Waals surface area (Å²) in [4.78, 5) is 27.4. The Kier molecular flexibility index (Phi) is 7.08. The van der Waals surface area contributed by atoms with Gasteiger partial charge in [0.15, 0.2) is 11.2 Å². The predicted molar refractivity (Wildman–Crippen MR) is 129 cm³/mol. The molecule has 34 heavy (non-hydrogen) atoms. The van der Waals surface area contributed by atoms with Gasteiger partial charge in [-0.25, -0.2) is 4.79 Å². The number of piperidine rings is 1. The van der Waals surface area contributed by atoms with Crippen LogP contribution in [0.2, 0.25) is 5.02 Å². The molecule has 9 nitrogen and oxygen atoms in total. The Balaban J connectivity index is 1.94. The number of carbonyl (C=O) groups excluding carboxylic acids is 1. The minimum atomic E-state index is -0.826. The molecule has 1 aliphatic rings. The zero-order valence-corrected chi connectivity index (χ0v) is 19.3. The van der Waals surface area contributed by atoms with Crippen LogP contribution in [0.4, 0.5) is 4.79 Å². The number of phenolic OH excluding ortho intramolecular Hbond substituents is 1. The molecule has 0 unspecified atom stereocenters. The van der Waals surface area contributed by atoms with Crippen LogP contribution in [0.5, 0.6) is 11.5 Å². The summed E-state index contributed by atoms with van der Waals surface area (Å²) in [5.41, 5.74) is 5.74. The molecule has 1 aliphatic heterocycles. The minimum Gasteiger partial charge on any atom is -0.507 e. The van der Waals surface area contributed by atoms with Crippen LogP contribution in [0.25, 0.3) is 22.3 Å². The molecule has 10 heteroatoms. The maximum atomic E-state index is 13.3. The van der Waals surface area contributed by atoms with Crippen LogP contribution < -0.4 is 21.2 Å². The number of nitrogens with one attached hydrogen (secondary N) is 1. The van der Waals surface area contributed by atoms with Crippen LogP contribution in [0.3, 0.4) is 0 Å². The zero-order chi connectivity index (χ0) is 24.4. The number of nitrogens with two attached hydrogens (primary N) is 1. The number of hydrogen-bond acceptors (Lipinski definition) is 8. The Morgan fingerprint density at radius 3 is 2.82 bits per heavy atom. The molecule has 4 rings (SSSR count). The zero-order valence-electron chi connectivity index (χ0n) is 18.6. The first-order valence-electron chi connectivity index (χ1n) is 10.9. The van der Waals surface area contributed by atoms with Crippen molar-refractivity contribution in [1.29, 1.82) is 0 Å². The summed E-state index contributed by atoms with van der Waals surface area (Å²) in [7, 11) is 1.89. The highest BCUT2D eigenvalue weighted by molar-refractivity contribution is 6.33. The molecule has 2 atom stereocenters. The summed E-state index contributed by atoms with van der Waals surface area (Å²) in [6.45, 7) is 1.45. The lowest BCUT2D eigenvalue weighted by atomic mass is 9.85. The molecule has 0 spiro atoms. The van der Waals surface area contributed by atoms with Gasteiger partial charge in [0.2, 0.25) is 0 Å². The highest BCUT2D eigenvalue weighted by Crippen LogP contribution is 2.43. The third-order valence-corrected chi connectivity index (χ3v) is 6.22. The van der Waals surface area contributed by atoms with E-state index < -0.39 is 23.5 Å². The van der Waals surface area contributed by atoms with Gasteiger partial charge in [0.1, 0.15) is 22.5 Å². The minimum absolute atomic E-state index is 0.0161. The number of aromatic hydroxyl groups is 1. The average molecular weight is 488 g/mol. The van der Waals surface area contributed by atoms with Gasteiger partial charge in [-0.15, -0.1) is 0 Å². The third-order valence-electron chi connectivity index (χ3n) is 5.89. The van der Waals surface area contributed by atoms with E-state index in [2.05, 4.69) is 5.32 Å². The predicted octanol–water partition coefficient (Wildman–Crippen LogP) is 2.65. The second kappa shape index (κ2) is 10.0. The summed E-state index contributed by atoms with van der Waals surface area (Å²) in [6.07, 6.45) is -1.10. The van der Waals surface area contributed by atoms with E-state index in [1.54, 1.807) is 24.3 Å². The monoisotopic (exact) mass is 487 g/mol. The number of β-amino-alcohol motifs (C(OH)–C–C–N with tert-alkyl or cyclic N) is 1. The molecule has 180 valence electrons. The summed E-state index contributed by atoms with van der Waals surface area (Å²) in [6, 6.07) is 9.35. The molecular weight excluding hydrogens is 462 g/mol. The number of benzene rings is 2.